The van der Waals surface area contributed by atoms with Crippen molar-refractivity contribution in [2.45, 2.75) is 19.8 Å². The summed E-state index contributed by atoms with van der Waals surface area (Å²) < 4.78 is 8.93. The highest BCUT2D eigenvalue weighted by atomic mass is 16.5. The lowest BCUT2D eigenvalue weighted by Gasteiger charge is -2.05. The van der Waals surface area contributed by atoms with E-state index in [9.17, 15) is 9.59 Å². The summed E-state index contributed by atoms with van der Waals surface area (Å²) in [5, 5.41) is 0. The Balaban J connectivity index is 3.73. The molecular weight excluding hydrogens is 184 g/mol. The summed E-state index contributed by atoms with van der Waals surface area (Å²) in [5.41, 5.74) is 0. The number of ether oxygens (including phenoxy) is 2. The summed E-state index contributed by atoms with van der Waals surface area (Å²) in [5.74, 6) is -0.442. The van der Waals surface area contributed by atoms with Crippen LogP contribution in [0.2, 0.25) is 0 Å². The predicted octanol–water partition coefficient (Wildman–Crippen LogP) is 1.30. The molecule has 0 saturated heterocycles. The van der Waals surface area contributed by atoms with Crippen molar-refractivity contribution in [1.82, 2.24) is 0 Å². The Hall–Kier alpha value is -1.32. The quantitative estimate of drug-likeness (QED) is 0.496. The lowest BCUT2D eigenvalue weighted by atomic mass is 10.0. The summed E-state index contributed by atoms with van der Waals surface area (Å²) in [7, 11) is 2.68. The molecule has 0 heterocycles. The van der Waals surface area contributed by atoms with E-state index in [1.807, 2.05) is 6.92 Å². The van der Waals surface area contributed by atoms with Gasteiger partial charge in [-0.25, -0.2) is 4.79 Å². The predicted molar refractivity (Wildman–Crippen MR) is 51.6 cm³/mol. The van der Waals surface area contributed by atoms with Gasteiger partial charge in [0, 0.05) is 12.5 Å². The van der Waals surface area contributed by atoms with Gasteiger partial charge in [0.25, 0.3) is 0 Å². The van der Waals surface area contributed by atoms with Gasteiger partial charge in [0.1, 0.15) is 0 Å². The van der Waals surface area contributed by atoms with E-state index in [4.69, 9.17) is 0 Å². The topological polar surface area (TPSA) is 52.6 Å². The van der Waals surface area contributed by atoms with Crippen LogP contribution in [0.25, 0.3) is 0 Å². The summed E-state index contributed by atoms with van der Waals surface area (Å²) in [6.45, 7) is 1.92. The third-order valence-corrected chi connectivity index (χ3v) is 1.74. The molecule has 0 aliphatic heterocycles. The first-order chi connectivity index (χ1) is 6.60. The van der Waals surface area contributed by atoms with Crippen molar-refractivity contribution < 1.29 is 19.1 Å². The Morgan fingerprint density at radius 3 is 2.43 bits per heavy atom. The number of hydrogen-bond donors (Lipinski definition) is 0. The minimum absolute atomic E-state index is 0.170. The van der Waals surface area contributed by atoms with Crippen molar-refractivity contribution in [3.63, 3.8) is 0 Å². The van der Waals surface area contributed by atoms with Gasteiger partial charge >= 0.3 is 11.9 Å². The van der Waals surface area contributed by atoms with Gasteiger partial charge in [-0.15, -0.1) is 0 Å². The first-order valence-electron chi connectivity index (χ1n) is 4.41. The molecule has 0 spiro atoms. The first kappa shape index (κ1) is 12.7. The van der Waals surface area contributed by atoms with Crippen LogP contribution in [0.3, 0.4) is 0 Å². The van der Waals surface area contributed by atoms with Crippen molar-refractivity contribution in [3.8, 4) is 0 Å². The highest BCUT2D eigenvalue weighted by molar-refractivity contribution is 5.81. The molecule has 0 aromatic rings. The van der Waals surface area contributed by atoms with Crippen LogP contribution in [-0.2, 0) is 19.1 Å². The van der Waals surface area contributed by atoms with Crippen molar-refractivity contribution in [2.24, 2.45) is 5.92 Å². The van der Waals surface area contributed by atoms with Gasteiger partial charge in [0.05, 0.1) is 14.2 Å². The van der Waals surface area contributed by atoms with Crippen LogP contribution in [0.4, 0.5) is 0 Å². The van der Waals surface area contributed by atoms with Crippen LogP contribution < -0.4 is 0 Å². The van der Waals surface area contributed by atoms with Crippen molar-refractivity contribution in [2.75, 3.05) is 14.2 Å². The van der Waals surface area contributed by atoms with Crippen LogP contribution in [0.1, 0.15) is 19.8 Å². The third-order valence-electron chi connectivity index (χ3n) is 1.74. The fourth-order valence-electron chi connectivity index (χ4n) is 0.916. The van der Waals surface area contributed by atoms with E-state index in [1.54, 1.807) is 6.08 Å². The smallest absolute Gasteiger partial charge is 0.330 e. The average molecular weight is 200 g/mol. The van der Waals surface area contributed by atoms with Gasteiger partial charge < -0.3 is 9.47 Å². The fourth-order valence-corrected chi connectivity index (χ4v) is 0.916. The Morgan fingerprint density at radius 1 is 1.29 bits per heavy atom. The SMILES string of the molecule is COC(=O)/C=C/CC(C)CC(=O)OC. The van der Waals surface area contributed by atoms with Gasteiger partial charge in [-0.3, -0.25) is 4.79 Å². The van der Waals surface area contributed by atoms with Crippen molar-refractivity contribution >= 4 is 11.9 Å². The zero-order valence-electron chi connectivity index (χ0n) is 8.78. The Bertz CT molecular complexity index is 220. The molecule has 0 saturated carbocycles. The summed E-state index contributed by atoms with van der Waals surface area (Å²) >= 11 is 0. The average Bonchev–Trinajstić information content (AvgIpc) is 2.17. The fraction of sp³-hybridized carbons (Fsp3) is 0.600. The van der Waals surface area contributed by atoms with Crippen molar-refractivity contribution in [1.29, 1.82) is 0 Å². The molecule has 4 heteroatoms. The van der Waals surface area contributed by atoms with E-state index in [0.717, 1.165) is 0 Å². The van der Waals surface area contributed by atoms with Crippen LogP contribution >= 0.6 is 0 Å². The number of methoxy groups -OCH3 is 2. The number of hydrogen-bond acceptors (Lipinski definition) is 4. The Kier molecular flexibility index (Phi) is 6.45. The minimum Gasteiger partial charge on any atom is -0.469 e. The molecule has 0 bridgehead atoms. The molecule has 0 aromatic carbocycles. The number of esters is 2. The second-order valence-corrected chi connectivity index (χ2v) is 3.05. The zero-order chi connectivity index (χ0) is 11.0. The molecule has 0 aliphatic rings. The van der Waals surface area contributed by atoms with Gasteiger partial charge in [-0.2, -0.15) is 0 Å². The van der Waals surface area contributed by atoms with E-state index in [1.165, 1.54) is 20.3 Å². The van der Waals surface area contributed by atoms with Crippen LogP contribution in [0.5, 0.6) is 0 Å². The standard InChI is InChI=1S/C10H16O4/c1-8(7-10(12)14-3)5-4-6-9(11)13-2/h4,6,8H,5,7H2,1-3H3/b6-4+. The van der Waals surface area contributed by atoms with E-state index in [2.05, 4.69) is 9.47 Å². The van der Waals surface area contributed by atoms with E-state index in [-0.39, 0.29) is 17.9 Å². The van der Waals surface area contributed by atoms with Gasteiger partial charge in [0.15, 0.2) is 0 Å². The first-order valence-corrected chi connectivity index (χ1v) is 4.41. The van der Waals surface area contributed by atoms with E-state index in [0.29, 0.717) is 12.8 Å². The molecule has 4 nitrogen and oxygen atoms in total. The monoisotopic (exact) mass is 200 g/mol. The molecule has 0 radical (unpaired) electrons. The molecule has 0 aromatic heterocycles. The van der Waals surface area contributed by atoms with Gasteiger partial charge in [-0.05, 0) is 12.3 Å². The zero-order valence-corrected chi connectivity index (χ0v) is 8.78. The number of rotatable bonds is 5. The maximum atomic E-state index is 10.8. The molecule has 0 N–H and O–H groups in total. The summed E-state index contributed by atoms with van der Waals surface area (Å²) in [4.78, 5) is 21.5. The molecule has 80 valence electrons. The maximum absolute atomic E-state index is 10.8. The normalized spacial score (nSPS) is 12.5. The third kappa shape index (κ3) is 6.22. The second kappa shape index (κ2) is 7.12. The number of carbonyl (C=O) groups excluding carboxylic acids is 2. The highest BCUT2D eigenvalue weighted by Crippen LogP contribution is 2.08. The van der Waals surface area contributed by atoms with E-state index < -0.39 is 0 Å². The largest absolute Gasteiger partial charge is 0.469 e. The second-order valence-electron chi connectivity index (χ2n) is 3.05. The molecule has 0 fully saturated rings. The van der Waals surface area contributed by atoms with Crippen LogP contribution in [0.15, 0.2) is 12.2 Å². The lowest BCUT2D eigenvalue weighted by Crippen LogP contribution is -2.06. The van der Waals surface area contributed by atoms with Gasteiger partial charge in [0.2, 0.25) is 0 Å². The molecule has 14 heavy (non-hydrogen) atoms. The molecular formula is C10H16O4. The summed E-state index contributed by atoms with van der Waals surface area (Å²) in [6, 6.07) is 0. The molecule has 1 unspecified atom stereocenters. The van der Waals surface area contributed by atoms with E-state index >= 15 is 0 Å². The highest BCUT2D eigenvalue weighted by Gasteiger charge is 2.07. The van der Waals surface area contributed by atoms with Crippen molar-refractivity contribution in [3.05, 3.63) is 12.2 Å². The molecule has 0 amide bonds. The molecule has 1 atom stereocenters. The Labute approximate surface area is 83.9 Å². The van der Waals surface area contributed by atoms with Gasteiger partial charge in [-0.1, -0.05) is 13.0 Å². The molecule has 0 aliphatic carbocycles. The molecule has 0 rings (SSSR count). The maximum Gasteiger partial charge on any atom is 0.330 e. The Morgan fingerprint density at radius 2 is 1.93 bits per heavy atom. The summed E-state index contributed by atoms with van der Waals surface area (Å²) in [6.07, 6.45) is 4.07. The number of carbonyl (C=O) groups is 2. The lowest BCUT2D eigenvalue weighted by molar-refractivity contribution is -0.141. The number of allylic oxidation sites excluding steroid dienone is 1. The van der Waals surface area contributed by atoms with Crippen LogP contribution in [0, 0.1) is 5.92 Å². The van der Waals surface area contributed by atoms with Crippen LogP contribution in [-0.4, -0.2) is 26.2 Å². The minimum atomic E-state index is -0.379.